The van der Waals surface area contributed by atoms with Crippen molar-refractivity contribution in [3.05, 3.63) is 35.0 Å². The van der Waals surface area contributed by atoms with E-state index in [1.807, 2.05) is 19.1 Å². The summed E-state index contributed by atoms with van der Waals surface area (Å²) >= 11 is 0. The molecule has 0 saturated carbocycles. The van der Waals surface area contributed by atoms with Crippen LogP contribution in [-0.2, 0) is 13.1 Å². The Morgan fingerprint density at radius 3 is 2.12 bits per heavy atom. The van der Waals surface area contributed by atoms with Crippen molar-refractivity contribution in [3.8, 4) is 0 Å². The van der Waals surface area contributed by atoms with Crippen LogP contribution in [0.5, 0.6) is 0 Å². The monoisotopic (exact) mass is 333 g/mol. The first-order valence-corrected chi connectivity index (χ1v) is 8.42. The lowest BCUT2D eigenvalue weighted by Gasteiger charge is -2.09. The van der Waals surface area contributed by atoms with Gasteiger partial charge in [0.25, 0.3) is 0 Å². The van der Waals surface area contributed by atoms with Gasteiger partial charge in [-0.15, -0.1) is 0 Å². The number of hydrogen-bond acceptors (Lipinski definition) is 5. The summed E-state index contributed by atoms with van der Waals surface area (Å²) in [7, 11) is 0. The Bertz CT molecular complexity index is 657. The van der Waals surface area contributed by atoms with Gasteiger partial charge in [0, 0.05) is 18.7 Å². The molecule has 132 valence electrons. The van der Waals surface area contributed by atoms with Gasteiger partial charge in [-0.05, 0) is 18.8 Å². The average Bonchev–Trinajstić information content (AvgIpc) is 3.19. The molecule has 0 atom stereocenters. The number of aromatic nitrogens is 2. The summed E-state index contributed by atoms with van der Waals surface area (Å²) in [6.07, 6.45) is 0. The van der Waals surface area contributed by atoms with Gasteiger partial charge in [-0.2, -0.15) is 0 Å². The fourth-order valence-corrected chi connectivity index (χ4v) is 2.03. The van der Waals surface area contributed by atoms with E-state index < -0.39 is 0 Å². The molecule has 0 spiro atoms. The molecule has 0 aliphatic heterocycles. The second kappa shape index (κ2) is 8.52. The molecular formula is C17H27N5O2. The lowest BCUT2D eigenvalue weighted by Crippen LogP contribution is -2.36. The molecule has 2 N–H and O–H groups in total. The normalized spacial score (nSPS) is 12.2. The van der Waals surface area contributed by atoms with E-state index >= 15 is 0 Å². The molecule has 0 bridgehead atoms. The minimum atomic E-state index is 0.347. The molecule has 0 radical (unpaired) electrons. The first kappa shape index (κ1) is 18.0. The molecule has 2 aromatic rings. The van der Waals surface area contributed by atoms with Gasteiger partial charge >= 0.3 is 0 Å². The van der Waals surface area contributed by atoms with Crippen LogP contribution in [0.2, 0.25) is 0 Å². The molecule has 2 aromatic heterocycles. The quantitative estimate of drug-likeness (QED) is 0.598. The van der Waals surface area contributed by atoms with E-state index in [0.717, 1.165) is 29.5 Å². The van der Waals surface area contributed by atoms with Gasteiger partial charge < -0.3 is 19.7 Å². The lowest BCUT2D eigenvalue weighted by molar-refractivity contribution is 0.371. The number of nitrogens with one attached hydrogen (secondary N) is 2. The molecule has 0 aliphatic carbocycles. The van der Waals surface area contributed by atoms with Crippen molar-refractivity contribution in [2.45, 2.75) is 59.5 Å². The SMILES string of the molecule is CCNC(=NCc1cc(C(C)C)no1)NCc1cc(C(C)C)no1. The van der Waals surface area contributed by atoms with E-state index in [9.17, 15) is 0 Å². The predicted octanol–water partition coefficient (Wildman–Crippen LogP) is 3.16. The Morgan fingerprint density at radius 2 is 1.58 bits per heavy atom. The Labute approximate surface area is 142 Å². The van der Waals surface area contributed by atoms with Crippen LogP contribution >= 0.6 is 0 Å². The molecule has 7 heteroatoms. The molecule has 0 amide bonds. The van der Waals surface area contributed by atoms with E-state index in [1.54, 1.807) is 0 Å². The minimum Gasteiger partial charge on any atom is -0.359 e. The zero-order chi connectivity index (χ0) is 17.5. The van der Waals surface area contributed by atoms with Crippen LogP contribution < -0.4 is 10.6 Å². The van der Waals surface area contributed by atoms with Crippen molar-refractivity contribution in [2.75, 3.05) is 6.54 Å². The predicted molar refractivity (Wildman–Crippen MR) is 92.8 cm³/mol. The third-order valence-corrected chi connectivity index (χ3v) is 3.50. The standard InChI is InChI=1S/C17H27N5O2/c1-6-18-17(19-9-13-7-15(11(2)3)21-23-13)20-10-14-8-16(12(4)5)22-24-14/h7-8,11-12H,6,9-10H2,1-5H3,(H2,18,19,20). The highest BCUT2D eigenvalue weighted by Crippen LogP contribution is 2.15. The second-order valence-electron chi connectivity index (χ2n) is 6.29. The van der Waals surface area contributed by atoms with Crippen molar-refractivity contribution in [1.82, 2.24) is 20.9 Å². The van der Waals surface area contributed by atoms with E-state index in [0.29, 0.717) is 30.9 Å². The van der Waals surface area contributed by atoms with Crippen LogP contribution in [0, 0.1) is 0 Å². The molecule has 0 aromatic carbocycles. The summed E-state index contributed by atoms with van der Waals surface area (Å²) in [6.45, 7) is 12.1. The third-order valence-electron chi connectivity index (χ3n) is 3.50. The van der Waals surface area contributed by atoms with Gasteiger partial charge in [-0.25, -0.2) is 4.99 Å². The molecule has 24 heavy (non-hydrogen) atoms. The van der Waals surface area contributed by atoms with Crippen LogP contribution in [0.1, 0.15) is 69.4 Å². The van der Waals surface area contributed by atoms with E-state index in [-0.39, 0.29) is 0 Å². The maximum absolute atomic E-state index is 5.32. The van der Waals surface area contributed by atoms with Gasteiger partial charge in [0.05, 0.1) is 17.9 Å². The molecule has 0 fully saturated rings. The Hall–Kier alpha value is -2.31. The summed E-state index contributed by atoms with van der Waals surface area (Å²) in [4.78, 5) is 4.51. The Morgan fingerprint density at radius 1 is 1.00 bits per heavy atom. The number of nitrogens with zero attached hydrogens (tertiary/aromatic N) is 3. The van der Waals surface area contributed by atoms with E-state index in [4.69, 9.17) is 9.05 Å². The summed E-state index contributed by atoms with van der Waals surface area (Å²) in [5.41, 5.74) is 1.90. The van der Waals surface area contributed by atoms with Gasteiger partial charge in [0.1, 0.15) is 6.54 Å². The summed E-state index contributed by atoms with van der Waals surface area (Å²) in [5.74, 6) is 2.93. The van der Waals surface area contributed by atoms with Crippen LogP contribution in [0.15, 0.2) is 26.2 Å². The van der Waals surface area contributed by atoms with Crippen molar-refractivity contribution >= 4 is 5.96 Å². The fourth-order valence-electron chi connectivity index (χ4n) is 2.03. The van der Waals surface area contributed by atoms with E-state index in [1.165, 1.54) is 0 Å². The highest BCUT2D eigenvalue weighted by atomic mass is 16.5. The van der Waals surface area contributed by atoms with Gasteiger partial charge in [0.15, 0.2) is 17.5 Å². The largest absolute Gasteiger partial charge is 0.359 e. The van der Waals surface area contributed by atoms with Gasteiger partial charge in [-0.3, -0.25) is 0 Å². The molecule has 0 aliphatic rings. The zero-order valence-corrected chi connectivity index (χ0v) is 15.1. The van der Waals surface area contributed by atoms with Crippen molar-refractivity contribution < 1.29 is 9.05 Å². The smallest absolute Gasteiger partial charge is 0.192 e. The highest BCUT2D eigenvalue weighted by molar-refractivity contribution is 5.79. The number of guanidine groups is 1. The van der Waals surface area contributed by atoms with Gasteiger partial charge in [-0.1, -0.05) is 38.0 Å². The van der Waals surface area contributed by atoms with Crippen molar-refractivity contribution in [2.24, 2.45) is 4.99 Å². The Kier molecular flexibility index (Phi) is 6.40. The summed E-state index contributed by atoms with van der Waals surface area (Å²) < 4.78 is 10.6. The number of aliphatic imine (C=N–C) groups is 1. The molecule has 2 heterocycles. The molecule has 0 unspecified atom stereocenters. The van der Waals surface area contributed by atoms with Crippen molar-refractivity contribution in [3.63, 3.8) is 0 Å². The van der Waals surface area contributed by atoms with Gasteiger partial charge in [0.2, 0.25) is 0 Å². The molecular weight excluding hydrogens is 306 g/mol. The van der Waals surface area contributed by atoms with Crippen LogP contribution in [0.3, 0.4) is 0 Å². The van der Waals surface area contributed by atoms with Crippen LogP contribution in [0.4, 0.5) is 0 Å². The highest BCUT2D eigenvalue weighted by Gasteiger charge is 2.09. The topological polar surface area (TPSA) is 88.5 Å². The zero-order valence-electron chi connectivity index (χ0n) is 15.1. The third kappa shape index (κ3) is 5.11. The second-order valence-corrected chi connectivity index (χ2v) is 6.29. The average molecular weight is 333 g/mol. The molecule has 0 saturated heterocycles. The van der Waals surface area contributed by atoms with Crippen molar-refractivity contribution in [1.29, 1.82) is 0 Å². The van der Waals surface area contributed by atoms with Crippen LogP contribution in [-0.4, -0.2) is 22.8 Å². The first-order chi connectivity index (χ1) is 11.5. The Balaban J connectivity index is 1.94. The van der Waals surface area contributed by atoms with Crippen LogP contribution in [0.25, 0.3) is 0 Å². The fraction of sp³-hybridized carbons (Fsp3) is 0.588. The molecule has 2 rings (SSSR count). The number of hydrogen-bond donors (Lipinski definition) is 2. The maximum Gasteiger partial charge on any atom is 0.192 e. The minimum absolute atomic E-state index is 0.347. The summed E-state index contributed by atoms with van der Waals surface area (Å²) in [5, 5.41) is 14.5. The first-order valence-electron chi connectivity index (χ1n) is 8.42. The number of rotatable bonds is 7. The molecule has 7 nitrogen and oxygen atoms in total. The summed E-state index contributed by atoms with van der Waals surface area (Å²) in [6, 6.07) is 3.91. The maximum atomic E-state index is 5.32. The van der Waals surface area contributed by atoms with E-state index in [2.05, 4.69) is 53.6 Å². The lowest BCUT2D eigenvalue weighted by atomic mass is 10.1.